The first-order chi connectivity index (χ1) is 15.0. The highest BCUT2D eigenvalue weighted by Crippen LogP contribution is 2.48. The third-order valence-corrected chi connectivity index (χ3v) is 7.52. The molecule has 0 amide bonds. The third-order valence-electron chi connectivity index (χ3n) is 7.52. The first kappa shape index (κ1) is 23.0. The van der Waals surface area contributed by atoms with Crippen molar-refractivity contribution in [1.82, 2.24) is 4.98 Å². The lowest BCUT2D eigenvalue weighted by Gasteiger charge is -2.58. The average molecular weight is 501 g/mol. The standard InChI is InChI=1S/C26H27F2N2O.BrH/c1-2-18-16-30(15-17-7-8-22(27)23(28)13-17)12-10-19(18)14-25(30)26(31)21-9-11-29-24-6-4-3-5-20(21)24;/h2-9,11,13,18-19,25-26,31H,1,10,12,14-16H2;1H/q+1;/p-1/t18-,19-,25+,26-,30?;/m0./s1. The van der Waals surface area contributed by atoms with Crippen LogP contribution in [0.1, 0.15) is 30.1 Å². The Bertz CT molecular complexity index is 1130. The van der Waals surface area contributed by atoms with E-state index in [1.165, 1.54) is 12.1 Å². The minimum absolute atomic E-state index is 0. The van der Waals surface area contributed by atoms with E-state index >= 15 is 0 Å². The van der Waals surface area contributed by atoms with Crippen LogP contribution < -0.4 is 17.0 Å². The first-order valence-corrected chi connectivity index (χ1v) is 10.9. The van der Waals surface area contributed by atoms with Gasteiger partial charge in [0.1, 0.15) is 18.7 Å². The molecule has 3 aliphatic rings. The molecule has 2 aromatic carbocycles. The fraction of sp³-hybridized carbons (Fsp3) is 0.346. The topological polar surface area (TPSA) is 33.1 Å². The van der Waals surface area contributed by atoms with Crippen molar-refractivity contribution < 1.29 is 35.4 Å². The summed E-state index contributed by atoms with van der Waals surface area (Å²) < 4.78 is 28.1. The maximum absolute atomic E-state index is 14.0. The molecule has 0 saturated carbocycles. The molecule has 3 aliphatic heterocycles. The van der Waals surface area contributed by atoms with E-state index in [1.54, 1.807) is 12.3 Å². The molecule has 32 heavy (non-hydrogen) atoms. The quantitative estimate of drug-likeness (QED) is 0.430. The molecule has 5 atom stereocenters. The van der Waals surface area contributed by atoms with Crippen LogP contribution >= 0.6 is 0 Å². The fourth-order valence-electron chi connectivity index (χ4n) is 5.97. The molecule has 0 radical (unpaired) electrons. The number of piperidine rings is 3. The molecule has 3 aromatic rings. The van der Waals surface area contributed by atoms with Gasteiger partial charge < -0.3 is 26.6 Å². The molecule has 4 heterocycles. The molecule has 3 saturated heterocycles. The van der Waals surface area contributed by atoms with Gasteiger partial charge in [-0.05, 0) is 35.7 Å². The number of hydrogen-bond acceptors (Lipinski definition) is 2. The summed E-state index contributed by atoms with van der Waals surface area (Å²) >= 11 is 0. The number of para-hydroxylation sites is 1. The van der Waals surface area contributed by atoms with Crippen molar-refractivity contribution in [2.24, 2.45) is 11.8 Å². The number of quaternary nitrogens is 1. The molecule has 6 heteroatoms. The Kier molecular flexibility index (Phi) is 6.48. The number of rotatable bonds is 5. The zero-order chi connectivity index (χ0) is 21.6. The van der Waals surface area contributed by atoms with Gasteiger partial charge in [0, 0.05) is 35.9 Å². The SMILES string of the molecule is C=C[C@H]1C[N+]2(Cc3ccc(F)c(F)c3)CC[C@H]1C[C@@H]2[C@@H](O)c1ccnc2ccccc12.[Br-]. The van der Waals surface area contributed by atoms with E-state index in [4.69, 9.17) is 0 Å². The molecule has 2 bridgehead atoms. The van der Waals surface area contributed by atoms with Gasteiger partial charge in [-0.2, -0.15) is 0 Å². The van der Waals surface area contributed by atoms with Gasteiger partial charge in [-0.15, -0.1) is 6.58 Å². The summed E-state index contributed by atoms with van der Waals surface area (Å²) in [5.41, 5.74) is 2.52. The van der Waals surface area contributed by atoms with E-state index in [0.717, 1.165) is 48.0 Å². The highest BCUT2D eigenvalue weighted by atomic mass is 79.9. The summed E-state index contributed by atoms with van der Waals surface area (Å²) in [6, 6.07) is 13.9. The highest BCUT2D eigenvalue weighted by Gasteiger charge is 2.54. The Morgan fingerprint density at radius 1 is 1.16 bits per heavy atom. The smallest absolute Gasteiger partial charge is 0.159 e. The number of halogens is 3. The summed E-state index contributed by atoms with van der Waals surface area (Å²) in [4.78, 5) is 4.44. The van der Waals surface area contributed by atoms with E-state index in [0.29, 0.717) is 22.9 Å². The normalized spacial score (nSPS) is 27.7. The van der Waals surface area contributed by atoms with Crippen molar-refractivity contribution in [3.05, 3.63) is 90.1 Å². The van der Waals surface area contributed by atoms with Crippen molar-refractivity contribution in [1.29, 1.82) is 0 Å². The van der Waals surface area contributed by atoms with Gasteiger partial charge >= 0.3 is 0 Å². The maximum atomic E-state index is 14.0. The number of benzene rings is 2. The summed E-state index contributed by atoms with van der Waals surface area (Å²) in [5.74, 6) is -0.781. The van der Waals surface area contributed by atoms with Crippen LogP contribution in [0.25, 0.3) is 10.9 Å². The van der Waals surface area contributed by atoms with Gasteiger partial charge in [0.05, 0.1) is 18.6 Å². The lowest BCUT2D eigenvalue weighted by atomic mass is 9.71. The number of hydrogen-bond donors (Lipinski definition) is 1. The molecule has 0 spiro atoms. The minimum atomic E-state index is -0.829. The number of aliphatic hydroxyl groups excluding tert-OH is 1. The van der Waals surface area contributed by atoms with Crippen molar-refractivity contribution in [2.45, 2.75) is 31.5 Å². The van der Waals surface area contributed by atoms with Crippen LogP contribution in [-0.2, 0) is 6.54 Å². The first-order valence-electron chi connectivity index (χ1n) is 10.9. The Morgan fingerprint density at radius 2 is 1.97 bits per heavy atom. The molecule has 0 aliphatic carbocycles. The van der Waals surface area contributed by atoms with Gasteiger partial charge in [-0.25, -0.2) is 8.78 Å². The lowest BCUT2D eigenvalue weighted by Crippen LogP contribution is -3.00. The summed E-state index contributed by atoms with van der Waals surface area (Å²) in [6.45, 7) is 6.39. The molecule has 6 rings (SSSR count). The Balaban J connectivity index is 0.00000245. The Labute approximate surface area is 197 Å². The van der Waals surface area contributed by atoms with Crippen LogP contribution in [0.15, 0.2) is 67.4 Å². The maximum Gasteiger partial charge on any atom is 0.159 e. The van der Waals surface area contributed by atoms with Gasteiger partial charge in [-0.3, -0.25) is 4.98 Å². The van der Waals surface area contributed by atoms with Gasteiger partial charge in [0.2, 0.25) is 0 Å². The van der Waals surface area contributed by atoms with Gasteiger partial charge in [0.15, 0.2) is 11.6 Å². The second-order valence-electron chi connectivity index (χ2n) is 9.14. The summed E-state index contributed by atoms with van der Waals surface area (Å²) in [6.07, 6.45) is 5.07. The van der Waals surface area contributed by atoms with Gasteiger partial charge in [0.25, 0.3) is 0 Å². The Hall–Kier alpha value is -2.15. The minimum Gasteiger partial charge on any atom is -1.00 e. The van der Waals surface area contributed by atoms with E-state index in [-0.39, 0.29) is 23.0 Å². The number of nitrogens with zero attached hydrogens (tertiary/aromatic N) is 2. The summed E-state index contributed by atoms with van der Waals surface area (Å²) in [5, 5.41) is 12.6. The molecule has 1 unspecified atom stereocenters. The molecule has 1 aromatic heterocycles. The van der Waals surface area contributed by atoms with E-state index in [2.05, 4.69) is 11.6 Å². The molecular formula is C26H27BrF2N2O. The predicted molar refractivity (Wildman–Crippen MR) is 117 cm³/mol. The number of aromatic nitrogens is 1. The summed E-state index contributed by atoms with van der Waals surface area (Å²) in [7, 11) is 0. The average Bonchev–Trinajstić information content (AvgIpc) is 2.80. The second kappa shape index (κ2) is 9.00. The van der Waals surface area contributed by atoms with Crippen LogP contribution in [0.5, 0.6) is 0 Å². The lowest BCUT2D eigenvalue weighted by molar-refractivity contribution is -0.984. The number of aliphatic hydroxyl groups is 1. The zero-order valence-electron chi connectivity index (χ0n) is 17.8. The zero-order valence-corrected chi connectivity index (χ0v) is 19.4. The van der Waals surface area contributed by atoms with Crippen molar-refractivity contribution in [2.75, 3.05) is 13.1 Å². The van der Waals surface area contributed by atoms with Crippen LogP contribution in [0.2, 0.25) is 0 Å². The fourth-order valence-corrected chi connectivity index (χ4v) is 5.97. The van der Waals surface area contributed by atoms with Crippen molar-refractivity contribution in [3.8, 4) is 0 Å². The largest absolute Gasteiger partial charge is 1.00 e. The predicted octanol–water partition coefficient (Wildman–Crippen LogP) is 2.16. The van der Waals surface area contributed by atoms with E-state index in [1.807, 2.05) is 36.4 Å². The second-order valence-corrected chi connectivity index (χ2v) is 9.14. The highest BCUT2D eigenvalue weighted by molar-refractivity contribution is 5.82. The molecule has 1 N–H and O–H groups in total. The number of fused-ring (bicyclic) bond motifs is 4. The molecule has 168 valence electrons. The van der Waals surface area contributed by atoms with Crippen molar-refractivity contribution >= 4 is 10.9 Å². The van der Waals surface area contributed by atoms with Crippen LogP contribution in [0.3, 0.4) is 0 Å². The molecular weight excluding hydrogens is 474 g/mol. The van der Waals surface area contributed by atoms with Crippen LogP contribution in [0, 0.1) is 23.5 Å². The van der Waals surface area contributed by atoms with Crippen molar-refractivity contribution in [3.63, 3.8) is 0 Å². The van der Waals surface area contributed by atoms with E-state index in [9.17, 15) is 13.9 Å². The molecule has 3 nitrogen and oxygen atoms in total. The number of pyridine rings is 1. The monoisotopic (exact) mass is 500 g/mol. The third kappa shape index (κ3) is 3.89. The van der Waals surface area contributed by atoms with Gasteiger partial charge in [-0.1, -0.05) is 30.3 Å². The van der Waals surface area contributed by atoms with Crippen LogP contribution in [0.4, 0.5) is 8.78 Å². The van der Waals surface area contributed by atoms with Crippen LogP contribution in [-0.4, -0.2) is 33.7 Å². The Morgan fingerprint density at radius 3 is 2.75 bits per heavy atom. The molecule has 3 fully saturated rings. The van der Waals surface area contributed by atoms with E-state index < -0.39 is 17.7 Å².